The van der Waals surface area contributed by atoms with E-state index in [1.807, 2.05) is 0 Å². The molecule has 32 heavy (non-hydrogen) atoms. The number of rotatable bonds is 6. The Morgan fingerprint density at radius 2 is 1.81 bits per heavy atom. The van der Waals surface area contributed by atoms with Gasteiger partial charge in [-0.25, -0.2) is 8.42 Å². The van der Waals surface area contributed by atoms with E-state index in [-0.39, 0.29) is 44.6 Å². The van der Waals surface area contributed by atoms with Gasteiger partial charge in [0, 0.05) is 35.9 Å². The number of benzene rings is 2. The minimum absolute atomic E-state index is 0.0294. The normalized spacial score (nSPS) is 14.6. The first kappa shape index (κ1) is 24.4. The second kappa shape index (κ2) is 9.31. The number of hydrogen-bond donors (Lipinski definition) is 1. The molecule has 5 nitrogen and oxygen atoms in total. The van der Waals surface area contributed by atoms with Gasteiger partial charge in [-0.3, -0.25) is 4.79 Å². The van der Waals surface area contributed by atoms with Crippen molar-refractivity contribution in [3.05, 3.63) is 57.6 Å². The van der Waals surface area contributed by atoms with Crippen LogP contribution in [0.5, 0.6) is 0 Å². The maximum atomic E-state index is 13.9. The minimum Gasteiger partial charge on any atom is -0.371 e. The second-order valence-corrected chi connectivity index (χ2v) is 10.3. The number of amides is 1. The molecule has 0 unspecified atom stereocenters. The van der Waals surface area contributed by atoms with Crippen molar-refractivity contribution in [1.29, 1.82) is 0 Å². The molecule has 1 fully saturated rings. The van der Waals surface area contributed by atoms with Crippen molar-refractivity contribution in [3.8, 4) is 0 Å². The number of carbonyl (C=O) groups excluding carboxylic acids is 1. The lowest BCUT2D eigenvalue weighted by Gasteiger charge is -2.25. The summed E-state index contributed by atoms with van der Waals surface area (Å²) in [5.41, 5.74) is -0.733. The van der Waals surface area contributed by atoms with Crippen molar-refractivity contribution >= 4 is 33.0 Å². The molecule has 1 aliphatic rings. The third-order valence-electron chi connectivity index (χ3n) is 5.59. The largest absolute Gasteiger partial charge is 0.418 e. The van der Waals surface area contributed by atoms with E-state index in [9.17, 15) is 26.4 Å². The van der Waals surface area contributed by atoms with Gasteiger partial charge in [-0.1, -0.05) is 18.5 Å². The number of alkyl halides is 3. The average Bonchev–Trinajstić information content (AvgIpc) is 3.25. The summed E-state index contributed by atoms with van der Waals surface area (Å²) in [6.45, 7) is 3.66. The third kappa shape index (κ3) is 5.04. The van der Waals surface area contributed by atoms with Crippen LogP contribution in [-0.2, 0) is 22.6 Å². The Hall–Kier alpha value is -2.26. The lowest BCUT2D eigenvalue weighted by atomic mass is 9.98. The van der Waals surface area contributed by atoms with Gasteiger partial charge in [-0.2, -0.15) is 13.2 Å². The number of carbonyl (C=O) groups is 1. The first-order chi connectivity index (χ1) is 15.0. The number of halogens is 4. The summed E-state index contributed by atoms with van der Waals surface area (Å²) >= 11 is 5.98. The smallest absolute Gasteiger partial charge is 0.371 e. The van der Waals surface area contributed by atoms with Crippen LogP contribution in [0.4, 0.5) is 18.9 Å². The van der Waals surface area contributed by atoms with E-state index >= 15 is 0 Å². The van der Waals surface area contributed by atoms with Crippen molar-refractivity contribution in [3.63, 3.8) is 0 Å². The van der Waals surface area contributed by atoms with E-state index in [4.69, 9.17) is 11.6 Å². The summed E-state index contributed by atoms with van der Waals surface area (Å²) in [6, 6.07) is 6.94. The highest BCUT2D eigenvalue weighted by Gasteiger charge is 2.38. The highest BCUT2D eigenvalue weighted by molar-refractivity contribution is 7.91. The molecular weight excluding hydrogens is 465 g/mol. The van der Waals surface area contributed by atoms with Gasteiger partial charge < -0.3 is 10.2 Å². The van der Waals surface area contributed by atoms with Crippen LogP contribution in [0.1, 0.15) is 46.8 Å². The molecule has 0 bridgehead atoms. The molecule has 1 amide bonds. The Balaban J connectivity index is 1.92. The monoisotopic (exact) mass is 488 g/mol. The van der Waals surface area contributed by atoms with Crippen LogP contribution in [0.2, 0.25) is 5.02 Å². The molecule has 0 atom stereocenters. The highest BCUT2D eigenvalue weighted by Crippen LogP contribution is 2.41. The molecule has 174 valence electrons. The first-order valence-electron chi connectivity index (χ1n) is 10.2. The van der Waals surface area contributed by atoms with E-state index < -0.39 is 27.5 Å². The lowest BCUT2D eigenvalue weighted by molar-refractivity contribution is -0.137. The summed E-state index contributed by atoms with van der Waals surface area (Å²) in [4.78, 5) is 14.5. The zero-order valence-electron chi connectivity index (χ0n) is 17.7. The van der Waals surface area contributed by atoms with Gasteiger partial charge in [-0.15, -0.1) is 0 Å². The molecule has 0 radical (unpaired) electrons. The van der Waals surface area contributed by atoms with Crippen LogP contribution in [0.15, 0.2) is 35.2 Å². The maximum absolute atomic E-state index is 13.9. The average molecular weight is 489 g/mol. The van der Waals surface area contributed by atoms with Gasteiger partial charge in [0.25, 0.3) is 5.91 Å². The number of anilines is 1. The van der Waals surface area contributed by atoms with E-state index in [0.717, 1.165) is 12.8 Å². The fourth-order valence-corrected chi connectivity index (χ4v) is 5.25. The molecule has 1 aliphatic heterocycles. The molecule has 0 aromatic heterocycles. The molecule has 0 aliphatic carbocycles. The fourth-order valence-electron chi connectivity index (χ4n) is 3.94. The standard InChI is InChI=1S/C22H24ClF3N2O3S/c1-3-32(30,31)19-9-6-16(23)12-15(19)13-27-21(29)17-7-8-18(28-10-4-5-11-28)20(14(17)2)22(24,25)26/h6-9,12H,3-5,10-11,13H2,1-2H3,(H,27,29). The minimum atomic E-state index is -4.62. The summed E-state index contributed by atoms with van der Waals surface area (Å²) in [5.74, 6) is -0.859. The highest BCUT2D eigenvalue weighted by atomic mass is 35.5. The Labute approximate surface area is 190 Å². The Morgan fingerprint density at radius 3 is 2.41 bits per heavy atom. The Bertz CT molecular complexity index is 1130. The molecule has 0 saturated carbocycles. The van der Waals surface area contributed by atoms with Crippen molar-refractivity contribution in [1.82, 2.24) is 5.32 Å². The van der Waals surface area contributed by atoms with E-state index in [1.165, 1.54) is 44.2 Å². The predicted octanol–water partition coefficient (Wildman–Crippen LogP) is 4.99. The van der Waals surface area contributed by atoms with Crippen LogP contribution in [0.25, 0.3) is 0 Å². The summed E-state index contributed by atoms with van der Waals surface area (Å²) in [7, 11) is -3.57. The molecule has 3 rings (SSSR count). The number of hydrogen-bond acceptors (Lipinski definition) is 4. The van der Waals surface area contributed by atoms with E-state index in [1.54, 1.807) is 4.90 Å². The molecule has 1 saturated heterocycles. The fraction of sp³-hybridized carbons (Fsp3) is 0.409. The van der Waals surface area contributed by atoms with Gasteiger partial charge in [-0.05, 0) is 61.2 Å². The van der Waals surface area contributed by atoms with Gasteiger partial charge in [0.15, 0.2) is 9.84 Å². The van der Waals surface area contributed by atoms with Gasteiger partial charge >= 0.3 is 6.18 Å². The molecule has 1 heterocycles. The molecule has 1 N–H and O–H groups in total. The zero-order chi connectivity index (χ0) is 23.7. The summed E-state index contributed by atoms with van der Waals surface area (Å²) < 4.78 is 66.3. The topological polar surface area (TPSA) is 66.5 Å². The number of sulfone groups is 1. The summed E-state index contributed by atoms with van der Waals surface area (Å²) in [5, 5.41) is 2.83. The lowest BCUT2D eigenvalue weighted by Crippen LogP contribution is -2.27. The van der Waals surface area contributed by atoms with Crippen LogP contribution in [-0.4, -0.2) is 33.2 Å². The predicted molar refractivity (Wildman–Crippen MR) is 118 cm³/mol. The third-order valence-corrected chi connectivity index (χ3v) is 7.66. The molecule has 0 spiro atoms. The van der Waals surface area contributed by atoms with Gasteiger partial charge in [0.05, 0.1) is 16.2 Å². The van der Waals surface area contributed by atoms with E-state index in [2.05, 4.69) is 5.32 Å². The Kier molecular flexibility index (Phi) is 7.09. The van der Waals surface area contributed by atoms with Crippen molar-refractivity contribution in [2.24, 2.45) is 0 Å². The Morgan fingerprint density at radius 1 is 1.16 bits per heavy atom. The van der Waals surface area contributed by atoms with Crippen molar-refractivity contribution < 1.29 is 26.4 Å². The first-order valence-corrected chi connectivity index (χ1v) is 12.2. The zero-order valence-corrected chi connectivity index (χ0v) is 19.3. The van der Waals surface area contributed by atoms with Crippen LogP contribution in [0.3, 0.4) is 0 Å². The van der Waals surface area contributed by atoms with Crippen molar-refractivity contribution in [2.45, 2.75) is 44.3 Å². The van der Waals surface area contributed by atoms with E-state index in [0.29, 0.717) is 13.1 Å². The van der Waals surface area contributed by atoms with Gasteiger partial charge in [0.2, 0.25) is 0 Å². The molecule has 2 aromatic rings. The SMILES string of the molecule is CCS(=O)(=O)c1ccc(Cl)cc1CNC(=O)c1ccc(N2CCCC2)c(C(F)(F)F)c1C. The van der Waals surface area contributed by atoms with Crippen molar-refractivity contribution in [2.75, 3.05) is 23.7 Å². The van der Waals surface area contributed by atoms with Crippen LogP contribution < -0.4 is 10.2 Å². The molecular formula is C22H24ClF3N2O3S. The van der Waals surface area contributed by atoms with Gasteiger partial charge in [0.1, 0.15) is 0 Å². The molecule has 10 heteroatoms. The quantitative estimate of drug-likeness (QED) is 0.622. The maximum Gasteiger partial charge on any atom is 0.418 e. The second-order valence-electron chi connectivity index (χ2n) is 7.66. The van der Waals surface area contributed by atoms with Crippen LogP contribution in [0, 0.1) is 6.92 Å². The molecule has 2 aromatic carbocycles. The van der Waals surface area contributed by atoms with Crippen LogP contribution >= 0.6 is 11.6 Å². The number of nitrogens with zero attached hydrogens (tertiary/aromatic N) is 1. The summed E-state index contributed by atoms with van der Waals surface area (Å²) in [6.07, 6.45) is -2.98. The number of nitrogens with one attached hydrogen (secondary N) is 1.